The van der Waals surface area contributed by atoms with Crippen molar-refractivity contribution >= 4 is 0 Å². The average Bonchev–Trinajstić information content (AvgIpc) is 2.82. The first-order valence-corrected chi connectivity index (χ1v) is 10.8. The van der Waals surface area contributed by atoms with Crippen LogP contribution in [0.5, 0.6) is 0 Å². The highest BCUT2D eigenvalue weighted by Gasteiger charge is 2.41. The predicted octanol–water partition coefficient (Wildman–Crippen LogP) is 8.89. The largest absolute Gasteiger partial charge is 0.416 e. The fourth-order valence-corrected chi connectivity index (χ4v) is 3.63. The summed E-state index contributed by atoms with van der Waals surface area (Å²) in [6.45, 7) is -0.947. The van der Waals surface area contributed by atoms with Crippen molar-refractivity contribution in [1.29, 1.82) is 0 Å². The Labute approximate surface area is 216 Å². The normalized spacial score (nSPS) is 14.8. The molecule has 40 heavy (non-hydrogen) atoms. The van der Waals surface area contributed by atoms with Gasteiger partial charge in [0.2, 0.25) is 0 Å². The molecule has 0 unspecified atom stereocenters. The summed E-state index contributed by atoms with van der Waals surface area (Å²) in [5.41, 5.74) is -10.2. The van der Waals surface area contributed by atoms with Crippen LogP contribution >= 0.6 is 0 Å². The molecule has 0 amide bonds. The number of hydrogen-bond acceptors (Lipinski definition) is 2. The van der Waals surface area contributed by atoms with Gasteiger partial charge in [-0.05, 0) is 53.6 Å². The smallest absolute Gasteiger partial charge is 0.385 e. The van der Waals surface area contributed by atoms with Crippen LogP contribution in [0.4, 0.5) is 57.1 Å². The van der Waals surface area contributed by atoms with Gasteiger partial charge in [-0.15, -0.1) is 0 Å². The molecule has 0 bridgehead atoms. The lowest BCUT2D eigenvalue weighted by Crippen LogP contribution is -2.20. The molecule has 0 aliphatic rings. The van der Waals surface area contributed by atoms with Crippen molar-refractivity contribution in [1.82, 2.24) is 0 Å². The van der Waals surface area contributed by atoms with Crippen LogP contribution in [0.25, 0.3) is 0 Å². The van der Waals surface area contributed by atoms with Crippen LogP contribution in [-0.4, -0.2) is 5.11 Å². The van der Waals surface area contributed by atoms with Crippen molar-refractivity contribution in [2.45, 2.75) is 43.5 Å². The second kappa shape index (κ2) is 10.9. The molecule has 0 aliphatic heterocycles. The highest BCUT2D eigenvalue weighted by atomic mass is 19.4. The lowest BCUT2D eigenvalue weighted by molar-refractivity contribution is -0.145. The first-order valence-electron chi connectivity index (χ1n) is 10.8. The fourth-order valence-electron chi connectivity index (χ4n) is 3.63. The van der Waals surface area contributed by atoms with Gasteiger partial charge in [0.15, 0.2) is 0 Å². The molecule has 0 aliphatic carbocycles. The van der Waals surface area contributed by atoms with Crippen molar-refractivity contribution < 1.29 is 66.9 Å². The number of alkyl halides is 12. The van der Waals surface area contributed by atoms with E-state index < -0.39 is 82.7 Å². The standard InChI is InChI=1S/C25H15F13O2/c26-19-4-2-1-3-12(19)11-40-21(14-7-17(24(33,34)35)10-18(8-14)25(36,37)38)20(39)13-5-15(22(27,28)29)9-16(6-13)23(30,31)32/h1-10,20-21,39H,11H2/t20-,21-/m1/s1. The highest BCUT2D eigenvalue weighted by Crippen LogP contribution is 2.43. The van der Waals surface area contributed by atoms with Gasteiger partial charge < -0.3 is 9.84 Å². The number of aliphatic hydroxyl groups is 1. The monoisotopic (exact) mass is 594 g/mol. The zero-order valence-electron chi connectivity index (χ0n) is 19.4. The Morgan fingerprint density at radius 3 is 1.32 bits per heavy atom. The molecule has 1 N–H and O–H groups in total. The van der Waals surface area contributed by atoms with Gasteiger partial charge in [0.05, 0.1) is 28.9 Å². The Balaban J connectivity index is 2.23. The number of rotatable bonds is 6. The Morgan fingerprint density at radius 2 is 0.950 bits per heavy atom. The Hall–Kier alpha value is -3.33. The minimum absolute atomic E-state index is 0.0393. The molecule has 15 heteroatoms. The van der Waals surface area contributed by atoms with Crippen molar-refractivity contribution in [3.8, 4) is 0 Å². The summed E-state index contributed by atoms with van der Waals surface area (Å²) in [7, 11) is 0. The number of benzene rings is 3. The van der Waals surface area contributed by atoms with E-state index >= 15 is 0 Å². The van der Waals surface area contributed by atoms with Gasteiger partial charge >= 0.3 is 24.7 Å². The van der Waals surface area contributed by atoms with Gasteiger partial charge in [0, 0.05) is 5.56 Å². The van der Waals surface area contributed by atoms with E-state index in [0.717, 1.165) is 12.1 Å². The minimum atomic E-state index is -5.39. The second-order valence-corrected chi connectivity index (χ2v) is 8.45. The zero-order chi connectivity index (χ0) is 30.3. The molecule has 0 spiro atoms. The SMILES string of the molecule is O[C@H](c1cc(C(F)(F)F)cc(C(F)(F)F)c1)[C@H](OCc1ccccc1F)c1cc(C(F)(F)F)cc(C(F)(F)F)c1. The summed E-state index contributed by atoms with van der Waals surface area (Å²) in [6.07, 6.45) is -26.7. The Kier molecular flexibility index (Phi) is 8.52. The zero-order valence-corrected chi connectivity index (χ0v) is 19.4. The van der Waals surface area contributed by atoms with Crippen LogP contribution in [-0.2, 0) is 36.0 Å². The van der Waals surface area contributed by atoms with E-state index in [1.54, 1.807) is 0 Å². The van der Waals surface area contributed by atoms with Crippen molar-refractivity contribution in [3.63, 3.8) is 0 Å². The molecule has 218 valence electrons. The summed E-state index contributed by atoms with van der Waals surface area (Å²) in [6, 6.07) is 4.14. The van der Waals surface area contributed by atoms with E-state index in [9.17, 15) is 62.2 Å². The quantitative estimate of drug-likeness (QED) is 0.289. The van der Waals surface area contributed by atoms with Gasteiger partial charge in [0.1, 0.15) is 18.0 Å². The van der Waals surface area contributed by atoms with Crippen LogP contribution in [0.1, 0.15) is 51.2 Å². The van der Waals surface area contributed by atoms with E-state index in [2.05, 4.69) is 0 Å². The number of halogens is 13. The molecular formula is C25H15F13O2. The molecular weight excluding hydrogens is 579 g/mol. The molecule has 3 aromatic rings. The number of hydrogen-bond donors (Lipinski definition) is 1. The van der Waals surface area contributed by atoms with Crippen molar-refractivity contribution in [2.24, 2.45) is 0 Å². The third kappa shape index (κ3) is 7.44. The summed E-state index contributed by atoms with van der Waals surface area (Å²) in [5.74, 6) is -0.964. The lowest BCUT2D eigenvalue weighted by Gasteiger charge is -2.27. The van der Waals surface area contributed by atoms with Crippen LogP contribution in [0.2, 0.25) is 0 Å². The molecule has 3 aromatic carbocycles. The van der Waals surface area contributed by atoms with E-state index in [-0.39, 0.29) is 42.0 Å². The van der Waals surface area contributed by atoms with Gasteiger partial charge in [-0.2, -0.15) is 52.7 Å². The average molecular weight is 594 g/mol. The van der Waals surface area contributed by atoms with Crippen molar-refractivity contribution in [3.05, 3.63) is 105 Å². The molecule has 0 saturated heterocycles. The molecule has 2 nitrogen and oxygen atoms in total. The molecule has 0 heterocycles. The van der Waals surface area contributed by atoms with Gasteiger partial charge in [-0.25, -0.2) is 4.39 Å². The fraction of sp³-hybridized carbons (Fsp3) is 0.280. The van der Waals surface area contributed by atoms with Crippen LogP contribution < -0.4 is 0 Å². The number of ether oxygens (including phenoxy) is 1. The molecule has 0 fully saturated rings. The predicted molar refractivity (Wildman–Crippen MR) is 112 cm³/mol. The van der Waals surface area contributed by atoms with E-state index in [1.807, 2.05) is 0 Å². The topological polar surface area (TPSA) is 29.5 Å². The van der Waals surface area contributed by atoms with E-state index in [4.69, 9.17) is 4.74 Å². The maximum Gasteiger partial charge on any atom is 0.416 e. The van der Waals surface area contributed by atoms with Gasteiger partial charge in [0.25, 0.3) is 0 Å². The summed E-state index contributed by atoms with van der Waals surface area (Å²) in [5, 5.41) is 10.8. The highest BCUT2D eigenvalue weighted by molar-refractivity contribution is 5.39. The van der Waals surface area contributed by atoms with E-state index in [1.165, 1.54) is 12.1 Å². The van der Waals surface area contributed by atoms with Gasteiger partial charge in [-0.3, -0.25) is 0 Å². The maximum absolute atomic E-state index is 14.1. The molecule has 3 rings (SSSR count). The summed E-state index contributed by atoms with van der Waals surface area (Å²) >= 11 is 0. The molecule has 0 aromatic heterocycles. The van der Waals surface area contributed by atoms with Crippen LogP contribution in [0.15, 0.2) is 60.7 Å². The Morgan fingerprint density at radius 1 is 0.575 bits per heavy atom. The summed E-state index contributed by atoms with van der Waals surface area (Å²) in [4.78, 5) is 0. The summed E-state index contributed by atoms with van der Waals surface area (Å²) < 4.78 is 180. The second-order valence-electron chi connectivity index (χ2n) is 8.45. The van der Waals surface area contributed by atoms with Crippen LogP contribution in [0, 0.1) is 5.82 Å². The van der Waals surface area contributed by atoms with Crippen LogP contribution in [0.3, 0.4) is 0 Å². The molecule has 2 atom stereocenters. The maximum atomic E-state index is 14.1. The minimum Gasteiger partial charge on any atom is -0.385 e. The first-order chi connectivity index (χ1) is 18.2. The third-order valence-corrected chi connectivity index (χ3v) is 5.55. The van der Waals surface area contributed by atoms with E-state index in [0.29, 0.717) is 0 Å². The van der Waals surface area contributed by atoms with Gasteiger partial charge in [-0.1, -0.05) is 18.2 Å². The number of aliphatic hydroxyl groups excluding tert-OH is 1. The first kappa shape index (κ1) is 31.2. The molecule has 0 saturated carbocycles. The molecule has 0 radical (unpaired) electrons. The lowest BCUT2D eigenvalue weighted by atomic mass is 9.92. The van der Waals surface area contributed by atoms with Crippen molar-refractivity contribution in [2.75, 3.05) is 0 Å². The Bertz CT molecular complexity index is 1270. The third-order valence-electron chi connectivity index (χ3n) is 5.55.